The van der Waals surface area contributed by atoms with Crippen LogP contribution >= 0.6 is 0 Å². The van der Waals surface area contributed by atoms with Crippen molar-refractivity contribution in [2.75, 3.05) is 18.0 Å². The molecule has 0 bridgehead atoms. The predicted molar refractivity (Wildman–Crippen MR) is 76.7 cm³/mol. The van der Waals surface area contributed by atoms with Crippen LogP contribution in [0.3, 0.4) is 0 Å². The molecule has 1 aromatic carbocycles. The minimum Gasteiger partial charge on any atom is -0.371 e. The van der Waals surface area contributed by atoms with E-state index in [1.165, 1.54) is 55.6 Å². The maximum atomic E-state index is 5.92. The van der Waals surface area contributed by atoms with Crippen LogP contribution in [0.15, 0.2) is 18.2 Å². The molecule has 98 valence electrons. The zero-order valence-corrected chi connectivity index (χ0v) is 11.4. The molecule has 0 saturated heterocycles. The van der Waals surface area contributed by atoms with Crippen LogP contribution in [0.4, 0.5) is 5.69 Å². The van der Waals surface area contributed by atoms with Crippen molar-refractivity contribution >= 4 is 5.69 Å². The minimum absolute atomic E-state index is 0.656. The Labute approximate surface area is 110 Å². The molecule has 2 N–H and O–H groups in total. The van der Waals surface area contributed by atoms with E-state index in [0.717, 1.165) is 11.8 Å². The van der Waals surface area contributed by atoms with Crippen LogP contribution in [0.25, 0.3) is 0 Å². The third kappa shape index (κ3) is 2.69. The van der Waals surface area contributed by atoms with Crippen molar-refractivity contribution in [3.63, 3.8) is 0 Å². The van der Waals surface area contributed by atoms with Crippen molar-refractivity contribution in [1.82, 2.24) is 0 Å². The molecule has 2 aliphatic carbocycles. The molecule has 2 nitrogen and oxygen atoms in total. The van der Waals surface area contributed by atoms with Crippen LogP contribution < -0.4 is 10.6 Å². The summed E-state index contributed by atoms with van der Waals surface area (Å²) in [6.07, 6.45) is 5.69. The van der Waals surface area contributed by atoms with E-state index in [9.17, 15) is 0 Å². The molecule has 0 aliphatic heterocycles. The van der Waals surface area contributed by atoms with Gasteiger partial charge in [-0.05, 0) is 55.6 Å². The third-order valence-electron chi connectivity index (χ3n) is 4.21. The topological polar surface area (TPSA) is 29.3 Å². The molecule has 0 amide bonds. The fourth-order valence-electron chi connectivity index (χ4n) is 2.82. The SMILES string of the molecule is Cc1cccc(CN)c1N(CC1CC1)CC1CC1. The first-order valence-corrected chi connectivity index (χ1v) is 7.31. The van der Waals surface area contributed by atoms with Gasteiger partial charge in [0.25, 0.3) is 0 Å². The minimum atomic E-state index is 0.656. The second-order valence-electron chi connectivity index (χ2n) is 6.08. The second-order valence-corrected chi connectivity index (χ2v) is 6.08. The summed E-state index contributed by atoms with van der Waals surface area (Å²) < 4.78 is 0. The lowest BCUT2D eigenvalue weighted by Crippen LogP contribution is -2.30. The van der Waals surface area contributed by atoms with Gasteiger partial charge in [-0.25, -0.2) is 0 Å². The fraction of sp³-hybridized carbons (Fsp3) is 0.625. The summed E-state index contributed by atoms with van der Waals surface area (Å²) in [5.74, 6) is 1.88. The van der Waals surface area contributed by atoms with E-state index in [1.807, 2.05) is 0 Å². The number of hydrogen-bond donors (Lipinski definition) is 1. The largest absolute Gasteiger partial charge is 0.371 e. The quantitative estimate of drug-likeness (QED) is 0.833. The molecule has 2 saturated carbocycles. The van der Waals surface area contributed by atoms with Gasteiger partial charge in [0.15, 0.2) is 0 Å². The van der Waals surface area contributed by atoms with Crippen molar-refractivity contribution in [1.29, 1.82) is 0 Å². The molecule has 0 heterocycles. The first kappa shape index (κ1) is 12.0. The lowest BCUT2D eigenvalue weighted by molar-refractivity contribution is 0.674. The summed E-state index contributed by atoms with van der Waals surface area (Å²) in [4.78, 5) is 2.63. The van der Waals surface area contributed by atoms with E-state index >= 15 is 0 Å². The van der Waals surface area contributed by atoms with Gasteiger partial charge in [0, 0.05) is 25.3 Å². The fourth-order valence-corrected chi connectivity index (χ4v) is 2.82. The highest BCUT2D eigenvalue weighted by Gasteiger charge is 2.30. The smallest absolute Gasteiger partial charge is 0.0441 e. The van der Waals surface area contributed by atoms with E-state index in [0.29, 0.717) is 6.54 Å². The Kier molecular flexibility index (Phi) is 3.29. The number of nitrogens with zero attached hydrogens (tertiary/aromatic N) is 1. The van der Waals surface area contributed by atoms with Gasteiger partial charge in [-0.15, -0.1) is 0 Å². The number of rotatable bonds is 6. The highest BCUT2D eigenvalue weighted by Crippen LogP contribution is 2.37. The normalized spacial score (nSPS) is 19.0. The highest BCUT2D eigenvalue weighted by atomic mass is 15.1. The molecule has 3 rings (SSSR count). The number of para-hydroxylation sites is 1. The maximum Gasteiger partial charge on any atom is 0.0441 e. The van der Waals surface area contributed by atoms with E-state index in [4.69, 9.17) is 5.73 Å². The summed E-state index contributed by atoms with van der Waals surface area (Å²) in [6.45, 7) is 5.37. The maximum absolute atomic E-state index is 5.92. The number of aryl methyl sites for hydroxylation is 1. The van der Waals surface area contributed by atoms with Crippen LogP contribution in [-0.4, -0.2) is 13.1 Å². The van der Waals surface area contributed by atoms with E-state index in [-0.39, 0.29) is 0 Å². The Morgan fingerprint density at radius 1 is 1.11 bits per heavy atom. The van der Waals surface area contributed by atoms with E-state index in [1.54, 1.807) is 0 Å². The Balaban J connectivity index is 1.86. The van der Waals surface area contributed by atoms with Gasteiger partial charge in [0.2, 0.25) is 0 Å². The Morgan fingerprint density at radius 2 is 1.72 bits per heavy atom. The van der Waals surface area contributed by atoms with Gasteiger partial charge in [0.05, 0.1) is 0 Å². The number of anilines is 1. The zero-order valence-electron chi connectivity index (χ0n) is 11.4. The predicted octanol–water partition coefficient (Wildman–Crippen LogP) is 3.08. The molecule has 2 fully saturated rings. The second kappa shape index (κ2) is 4.93. The van der Waals surface area contributed by atoms with E-state index in [2.05, 4.69) is 30.0 Å². The molecule has 2 heteroatoms. The molecular weight excluding hydrogens is 220 g/mol. The Hall–Kier alpha value is -1.02. The molecule has 0 spiro atoms. The monoisotopic (exact) mass is 244 g/mol. The molecule has 0 radical (unpaired) electrons. The first-order valence-electron chi connectivity index (χ1n) is 7.31. The van der Waals surface area contributed by atoms with Crippen LogP contribution in [0.1, 0.15) is 36.8 Å². The first-order chi connectivity index (χ1) is 8.78. The molecule has 2 aliphatic rings. The van der Waals surface area contributed by atoms with Crippen LogP contribution in [-0.2, 0) is 6.54 Å². The van der Waals surface area contributed by atoms with Gasteiger partial charge < -0.3 is 10.6 Å². The van der Waals surface area contributed by atoms with Gasteiger partial charge in [0.1, 0.15) is 0 Å². The summed E-state index contributed by atoms with van der Waals surface area (Å²) in [7, 11) is 0. The Morgan fingerprint density at radius 3 is 2.22 bits per heavy atom. The highest BCUT2D eigenvalue weighted by molar-refractivity contribution is 5.59. The third-order valence-corrected chi connectivity index (χ3v) is 4.21. The molecule has 18 heavy (non-hydrogen) atoms. The zero-order chi connectivity index (χ0) is 12.5. The van der Waals surface area contributed by atoms with Crippen molar-refractivity contribution in [3.8, 4) is 0 Å². The van der Waals surface area contributed by atoms with Crippen molar-refractivity contribution in [2.45, 2.75) is 39.2 Å². The molecule has 1 aromatic rings. The van der Waals surface area contributed by atoms with Crippen molar-refractivity contribution in [2.24, 2.45) is 17.6 Å². The average molecular weight is 244 g/mol. The average Bonchev–Trinajstić information content (AvgIpc) is 3.23. The Bertz CT molecular complexity index is 405. The standard InChI is InChI=1S/C16H24N2/c1-12-3-2-4-15(9-17)16(12)18(10-13-5-6-13)11-14-7-8-14/h2-4,13-14H,5-11,17H2,1H3. The van der Waals surface area contributed by atoms with Gasteiger partial charge in [-0.2, -0.15) is 0 Å². The summed E-state index contributed by atoms with van der Waals surface area (Å²) in [5.41, 5.74) is 10.1. The lowest BCUT2D eigenvalue weighted by Gasteiger charge is -2.29. The molecule has 0 atom stereocenters. The van der Waals surface area contributed by atoms with Gasteiger partial charge in [-0.3, -0.25) is 0 Å². The van der Waals surface area contributed by atoms with Crippen LogP contribution in [0, 0.1) is 18.8 Å². The van der Waals surface area contributed by atoms with Gasteiger partial charge >= 0.3 is 0 Å². The number of nitrogens with two attached hydrogens (primary N) is 1. The van der Waals surface area contributed by atoms with Gasteiger partial charge in [-0.1, -0.05) is 18.2 Å². The molecule has 0 unspecified atom stereocenters. The number of benzene rings is 1. The lowest BCUT2D eigenvalue weighted by atomic mass is 10.1. The van der Waals surface area contributed by atoms with Crippen LogP contribution in [0.5, 0.6) is 0 Å². The van der Waals surface area contributed by atoms with Crippen molar-refractivity contribution in [3.05, 3.63) is 29.3 Å². The molecule has 0 aromatic heterocycles. The summed E-state index contributed by atoms with van der Waals surface area (Å²) in [6, 6.07) is 6.55. The summed E-state index contributed by atoms with van der Waals surface area (Å²) in [5, 5.41) is 0. The van der Waals surface area contributed by atoms with E-state index < -0.39 is 0 Å². The molecular formula is C16H24N2. The van der Waals surface area contributed by atoms with Crippen molar-refractivity contribution < 1.29 is 0 Å². The summed E-state index contributed by atoms with van der Waals surface area (Å²) >= 11 is 0. The number of hydrogen-bond acceptors (Lipinski definition) is 2. The van der Waals surface area contributed by atoms with Crippen LogP contribution in [0.2, 0.25) is 0 Å².